The van der Waals surface area contributed by atoms with E-state index in [0.717, 1.165) is 19.3 Å². The van der Waals surface area contributed by atoms with Crippen molar-refractivity contribution in [2.45, 2.75) is 43.5 Å². The van der Waals surface area contributed by atoms with E-state index >= 15 is 0 Å². The minimum absolute atomic E-state index is 0.0656. The number of hydrogen-bond donors (Lipinski definition) is 1. The summed E-state index contributed by atoms with van der Waals surface area (Å²) in [7, 11) is -3.42. The average molecular weight is 332 g/mol. The van der Waals surface area contributed by atoms with Crippen LogP contribution in [0.4, 0.5) is 0 Å². The summed E-state index contributed by atoms with van der Waals surface area (Å²) in [5, 5.41) is 0. The summed E-state index contributed by atoms with van der Waals surface area (Å²) >= 11 is 3.29. The van der Waals surface area contributed by atoms with Gasteiger partial charge in [0.05, 0.1) is 4.90 Å². The third-order valence-electron chi connectivity index (χ3n) is 3.54. The van der Waals surface area contributed by atoms with Gasteiger partial charge in [0.2, 0.25) is 10.0 Å². The predicted octanol–water partition coefficient (Wildman–Crippen LogP) is 3.31. The number of benzene rings is 1. The Labute approximate surface area is 117 Å². The molecule has 2 unspecified atom stereocenters. The zero-order valence-electron chi connectivity index (χ0n) is 10.4. The lowest BCUT2D eigenvalue weighted by Crippen LogP contribution is -2.41. The number of rotatable bonds is 3. The van der Waals surface area contributed by atoms with Gasteiger partial charge < -0.3 is 0 Å². The SMILES string of the molecule is CC1CCCCC1NS(=O)(=O)c1ccccc1Br. The molecule has 1 aromatic carbocycles. The normalized spacial score (nSPS) is 25.0. The van der Waals surface area contributed by atoms with Crippen LogP contribution in [0.2, 0.25) is 0 Å². The minimum Gasteiger partial charge on any atom is -0.208 e. The molecule has 3 nitrogen and oxygen atoms in total. The maximum atomic E-state index is 12.3. The lowest BCUT2D eigenvalue weighted by atomic mass is 9.87. The van der Waals surface area contributed by atoms with Crippen LogP contribution < -0.4 is 4.72 Å². The van der Waals surface area contributed by atoms with E-state index in [9.17, 15) is 8.42 Å². The van der Waals surface area contributed by atoms with Crippen molar-refractivity contribution < 1.29 is 8.42 Å². The molecule has 0 saturated heterocycles. The second-order valence-corrected chi connectivity index (χ2v) is 7.46. The van der Waals surface area contributed by atoms with E-state index in [4.69, 9.17) is 0 Å². The van der Waals surface area contributed by atoms with Gasteiger partial charge in [0.1, 0.15) is 0 Å². The molecule has 5 heteroatoms. The fourth-order valence-electron chi connectivity index (χ4n) is 2.42. The summed E-state index contributed by atoms with van der Waals surface area (Å²) in [6.45, 7) is 2.12. The largest absolute Gasteiger partial charge is 0.241 e. The molecule has 1 aliphatic carbocycles. The van der Waals surface area contributed by atoms with Crippen molar-refractivity contribution >= 4 is 26.0 Å². The zero-order valence-corrected chi connectivity index (χ0v) is 12.8. The van der Waals surface area contributed by atoms with Crippen LogP contribution >= 0.6 is 15.9 Å². The molecule has 0 amide bonds. The number of sulfonamides is 1. The molecule has 0 radical (unpaired) electrons. The molecule has 18 heavy (non-hydrogen) atoms. The summed E-state index contributed by atoms with van der Waals surface area (Å²) in [6, 6.07) is 6.99. The summed E-state index contributed by atoms with van der Waals surface area (Å²) < 4.78 is 28.1. The Morgan fingerprint density at radius 1 is 1.22 bits per heavy atom. The Bertz CT molecular complexity index is 515. The van der Waals surface area contributed by atoms with E-state index in [-0.39, 0.29) is 6.04 Å². The van der Waals surface area contributed by atoms with Crippen molar-refractivity contribution in [3.63, 3.8) is 0 Å². The van der Waals surface area contributed by atoms with Crippen LogP contribution in [-0.2, 0) is 10.0 Å². The molecule has 1 saturated carbocycles. The van der Waals surface area contributed by atoms with Crippen LogP contribution in [0.3, 0.4) is 0 Å². The number of nitrogens with one attached hydrogen (secondary N) is 1. The van der Waals surface area contributed by atoms with E-state index in [1.807, 2.05) is 6.07 Å². The van der Waals surface area contributed by atoms with Crippen LogP contribution in [0.1, 0.15) is 32.6 Å². The van der Waals surface area contributed by atoms with Crippen LogP contribution in [0, 0.1) is 5.92 Å². The fourth-order valence-corrected chi connectivity index (χ4v) is 4.80. The minimum atomic E-state index is -3.42. The van der Waals surface area contributed by atoms with Gasteiger partial charge in [-0.05, 0) is 46.8 Å². The summed E-state index contributed by atoms with van der Waals surface area (Å²) in [4.78, 5) is 0.322. The van der Waals surface area contributed by atoms with Crippen molar-refractivity contribution in [3.05, 3.63) is 28.7 Å². The van der Waals surface area contributed by atoms with Crippen LogP contribution in [0.15, 0.2) is 33.6 Å². The lowest BCUT2D eigenvalue weighted by molar-refractivity contribution is 0.310. The molecule has 0 heterocycles. The highest BCUT2D eigenvalue weighted by molar-refractivity contribution is 9.10. The first kappa shape index (κ1) is 14.0. The van der Waals surface area contributed by atoms with Crippen molar-refractivity contribution in [2.75, 3.05) is 0 Å². The monoisotopic (exact) mass is 331 g/mol. The Kier molecular flexibility index (Phi) is 4.45. The van der Waals surface area contributed by atoms with E-state index in [2.05, 4.69) is 27.6 Å². The smallest absolute Gasteiger partial charge is 0.208 e. The quantitative estimate of drug-likeness (QED) is 0.923. The van der Waals surface area contributed by atoms with Gasteiger partial charge in [-0.3, -0.25) is 0 Å². The first-order valence-corrected chi connectivity index (χ1v) is 8.55. The Balaban J connectivity index is 2.19. The molecule has 2 atom stereocenters. The van der Waals surface area contributed by atoms with Gasteiger partial charge in [0.15, 0.2) is 0 Å². The van der Waals surface area contributed by atoms with Gasteiger partial charge in [-0.1, -0.05) is 31.9 Å². The van der Waals surface area contributed by atoms with E-state index in [1.165, 1.54) is 6.42 Å². The predicted molar refractivity (Wildman–Crippen MR) is 75.9 cm³/mol. The van der Waals surface area contributed by atoms with Crippen molar-refractivity contribution in [1.29, 1.82) is 0 Å². The average Bonchev–Trinajstić information content (AvgIpc) is 2.32. The first-order valence-electron chi connectivity index (χ1n) is 6.27. The molecule has 100 valence electrons. The fraction of sp³-hybridized carbons (Fsp3) is 0.538. The summed E-state index contributed by atoms with van der Waals surface area (Å²) in [5.41, 5.74) is 0. The maximum Gasteiger partial charge on any atom is 0.241 e. The van der Waals surface area contributed by atoms with Gasteiger partial charge in [0.25, 0.3) is 0 Å². The van der Waals surface area contributed by atoms with Crippen LogP contribution in [0.5, 0.6) is 0 Å². The van der Waals surface area contributed by atoms with Gasteiger partial charge in [0, 0.05) is 10.5 Å². The number of halogens is 1. The standard InChI is InChI=1S/C13H18BrNO2S/c1-10-6-2-4-8-12(10)15-18(16,17)13-9-5-3-7-11(13)14/h3,5,7,9-10,12,15H,2,4,6,8H2,1H3. The van der Waals surface area contributed by atoms with Crippen LogP contribution in [-0.4, -0.2) is 14.5 Å². The van der Waals surface area contributed by atoms with Gasteiger partial charge >= 0.3 is 0 Å². The molecule has 2 rings (SSSR count). The first-order chi connectivity index (χ1) is 8.50. The van der Waals surface area contributed by atoms with Gasteiger partial charge in [-0.15, -0.1) is 0 Å². The van der Waals surface area contributed by atoms with Crippen molar-refractivity contribution in [2.24, 2.45) is 5.92 Å². The third-order valence-corrected chi connectivity index (χ3v) is 6.05. The van der Waals surface area contributed by atoms with Crippen molar-refractivity contribution in [3.8, 4) is 0 Å². The van der Waals surface area contributed by atoms with E-state index < -0.39 is 10.0 Å². The zero-order chi connectivity index (χ0) is 13.2. The molecule has 0 bridgehead atoms. The van der Waals surface area contributed by atoms with E-state index in [0.29, 0.717) is 15.3 Å². The summed E-state index contributed by atoms with van der Waals surface area (Å²) in [5.74, 6) is 0.413. The Hall–Kier alpha value is -0.390. The molecule has 0 spiro atoms. The van der Waals surface area contributed by atoms with Crippen molar-refractivity contribution in [1.82, 2.24) is 4.72 Å². The lowest BCUT2D eigenvalue weighted by Gasteiger charge is -2.29. The molecule has 1 aliphatic rings. The highest BCUT2D eigenvalue weighted by Crippen LogP contribution is 2.27. The molecule has 1 N–H and O–H groups in total. The molecular weight excluding hydrogens is 314 g/mol. The third kappa shape index (κ3) is 3.13. The molecule has 0 aromatic heterocycles. The molecular formula is C13H18BrNO2S. The Morgan fingerprint density at radius 3 is 2.56 bits per heavy atom. The molecule has 0 aliphatic heterocycles. The van der Waals surface area contributed by atoms with Gasteiger partial charge in [-0.2, -0.15) is 0 Å². The second kappa shape index (κ2) is 5.72. The molecule has 1 aromatic rings. The Morgan fingerprint density at radius 2 is 1.89 bits per heavy atom. The maximum absolute atomic E-state index is 12.3. The topological polar surface area (TPSA) is 46.2 Å². The highest BCUT2D eigenvalue weighted by Gasteiger charge is 2.27. The highest BCUT2D eigenvalue weighted by atomic mass is 79.9. The second-order valence-electron chi connectivity index (χ2n) is 4.92. The van der Waals surface area contributed by atoms with E-state index in [1.54, 1.807) is 18.2 Å². The van der Waals surface area contributed by atoms with Gasteiger partial charge in [-0.25, -0.2) is 13.1 Å². The summed E-state index contributed by atoms with van der Waals surface area (Å²) in [6.07, 6.45) is 4.34. The molecule has 1 fully saturated rings. The van der Waals surface area contributed by atoms with Crippen LogP contribution in [0.25, 0.3) is 0 Å². The number of hydrogen-bond acceptors (Lipinski definition) is 2.